The maximum Gasteiger partial charge on any atom is 0.272 e. The zero-order valence-electron chi connectivity index (χ0n) is 15.1. The molecule has 3 rings (SSSR count). The van der Waals surface area contributed by atoms with Crippen LogP contribution in [-0.4, -0.2) is 66.0 Å². The van der Waals surface area contributed by atoms with Gasteiger partial charge >= 0.3 is 0 Å². The number of piperazine rings is 1. The zero-order chi connectivity index (χ0) is 16.9. The van der Waals surface area contributed by atoms with Crippen LogP contribution >= 0.6 is 0 Å². The van der Waals surface area contributed by atoms with E-state index in [0.29, 0.717) is 11.7 Å². The lowest BCUT2D eigenvalue weighted by Crippen LogP contribution is -2.48. The van der Waals surface area contributed by atoms with E-state index < -0.39 is 0 Å². The van der Waals surface area contributed by atoms with Gasteiger partial charge in [-0.2, -0.15) is 0 Å². The average molecular weight is 330 g/mol. The van der Waals surface area contributed by atoms with Crippen molar-refractivity contribution in [3.8, 4) is 0 Å². The van der Waals surface area contributed by atoms with Gasteiger partial charge in [0.15, 0.2) is 0 Å². The summed E-state index contributed by atoms with van der Waals surface area (Å²) in [5, 5.41) is 0. The third-order valence-electron chi connectivity index (χ3n) is 5.50. The van der Waals surface area contributed by atoms with Gasteiger partial charge in [0.05, 0.1) is 0 Å². The Bertz CT molecular complexity index is 554. The highest BCUT2D eigenvalue weighted by Crippen LogP contribution is 2.26. The van der Waals surface area contributed by atoms with Crippen molar-refractivity contribution in [2.75, 3.05) is 44.2 Å². The van der Waals surface area contributed by atoms with E-state index in [2.05, 4.69) is 34.7 Å². The second-order valence-corrected chi connectivity index (χ2v) is 6.88. The molecule has 0 bridgehead atoms. The van der Waals surface area contributed by atoms with E-state index in [9.17, 15) is 4.79 Å². The van der Waals surface area contributed by atoms with Gasteiger partial charge in [-0.05, 0) is 44.4 Å². The van der Waals surface area contributed by atoms with Crippen LogP contribution in [0.3, 0.4) is 0 Å². The Labute approximate surface area is 145 Å². The summed E-state index contributed by atoms with van der Waals surface area (Å²) >= 11 is 0. The minimum Gasteiger partial charge on any atom is -0.368 e. The Balaban J connectivity index is 1.71. The molecule has 0 aromatic carbocycles. The molecule has 0 N–H and O–H groups in total. The molecule has 5 heteroatoms. The Morgan fingerprint density at radius 2 is 1.96 bits per heavy atom. The van der Waals surface area contributed by atoms with E-state index in [1.54, 1.807) is 6.20 Å². The Kier molecular flexibility index (Phi) is 5.72. The molecule has 1 aromatic rings. The molecule has 2 saturated heterocycles. The zero-order valence-corrected chi connectivity index (χ0v) is 15.1. The maximum absolute atomic E-state index is 12.8. The summed E-state index contributed by atoms with van der Waals surface area (Å²) < 4.78 is 0. The molecule has 0 saturated carbocycles. The predicted octanol–water partition coefficient (Wildman–Crippen LogP) is 2.63. The lowest BCUT2D eigenvalue weighted by molar-refractivity contribution is 0.0637. The van der Waals surface area contributed by atoms with Crippen molar-refractivity contribution in [1.29, 1.82) is 0 Å². The highest BCUT2D eigenvalue weighted by atomic mass is 16.2. The summed E-state index contributed by atoms with van der Waals surface area (Å²) in [6.07, 6.45) is 6.76. The van der Waals surface area contributed by atoms with Gasteiger partial charge < -0.3 is 14.7 Å². The first-order chi connectivity index (χ1) is 11.7. The van der Waals surface area contributed by atoms with Crippen LogP contribution in [0.2, 0.25) is 0 Å². The molecular formula is C19H30N4O. The fraction of sp³-hybridized carbons (Fsp3) is 0.684. The molecule has 0 radical (unpaired) electrons. The van der Waals surface area contributed by atoms with E-state index in [1.165, 1.54) is 19.3 Å². The van der Waals surface area contributed by atoms with Crippen molar-refractivity contribution in [3.63, 3.8) is 0 Å². The molecule has 2 aliphatic rings. The van der Waals surface area contributed by atoms with Crippen LogP contribution in [0.1, 0.15) is 50.0 Å². The molecule has 1 aromatic heterocycles. The number of carbonyl (C=O) groups is 1. The second kappa shape index (κ2) is 7.97. The van der Waals surface area contributed by atoms with Gasteiger partial charge in [0, 0.05) is 50.6 Å². The summed E-state index contributed by atoms with van der Waals surface area (Å²) in [5.74, 6) is 0.0812. The van der Waals surface area contributed by atoms with E-state index >= 15 is 0 Å². The smallest absolute Gasteiger partial charge is 0.272 e. The third kappa shape index (κ3) is 3.72. The van der Waals surface area contributed by atoms with Gasteiger partial charge in [0.2, 0.25) is 0 Å². The van der Waals surface area contributed by atoms with Gasteiger partial charge in [0.25, 0.3) is 5.91 Å². The van der Waals surface area contributed by atoms with E-state index in [1.807, 2.05) is 11.0 Å². The fourth-order valence-corrected chi connectivity index (χ4v) is 3.91. The van der Waals surface area contributed by atoms with Crippen molar-refractivity contribution in [3.05, 3.63) is 24.0 Å². The molecule has 132 valence electrons. The van der Waals surface area contributed by atoms with Crippen LogP contribution in [-0.2, 0) is 0 Å². The van der Waals surface area contributed by atoms with Crippen molar-refractivity contribution in [2.24, 2.45) is 0 Å². The van der Waals surface area contributed by atoms with Crippen LogP contribution in [0.5, 0.6) is 0 Å². The van der Waals surface area contributed by atoms with Gasteiger partial charge in [-0.15, -0.1) is 0 Å². The SMILES string of the molecule is CCC1CCCCN1c1ccnc(C(=O)N2CCN(CC)CC2)c1. The number of carbonyl (C=O) groups excluding carboxylic acids is 1. The number of likely N-dealkylation sites (N-methyl/N-ethyl adjacent to an activating group) is 1. The lowest BCUT2D eigenvalue weighted by Gasteiger charge is -2.37. The quantitative estimate of drug-likeness (QED) is 0.851. The van der Waals surface area contributed by atoms with Gasteiger partial charge in [-0.1, -0.05) is 13.8 Å². The minimum atomic E-state index is 0.0812. The molecule has 1 unspecified atom stereocenters. The highest BCUT2D eigenvalue weighted by Gasteiger charge is 2.25. The summed E-state index contributed by atoms with van der Waals surface area (Å²) in [4.78, 5) is 24.0. The molecule has 2 aliphatic heterocycles. The van der Waals surface area contributed by atoms with Crippen molar-refractivity contribution >= 4 is 11.6 Å². The van der Waals surface area contributed by atoms with E-state index in [4.69, 9.17) is 0 Å². The van der Waals surface area contributed by atoms with Gasteiger partial charge in [-0.3, -0.25) is 9.78 Å². The second-order valence-electron chi connectivity index (χ2n) is 6.88. The number of aromatic nitrogens is 1. The molecule has 0 aliphatic carbocycles. The van der Waals surface area contributed by atoms with Gasteiger partial charge in [0.1, 0.15) is 5.69 Å². The number of hydrogen-bond acceptors (Lipinski definition) is 4. The Morgan fingerprint density at radius 1 is 1.17 bits per heavy atom. The Hall–Kier alpha value is -1.62. The van der Waals surface area contributed by atoms with Crippen molar-refractivity contribution < 1.29 is 4.79 Å². The predicted molar refractivity (Wildman–Crippen MR) is 97.5 cm³/mol. The summed E-state index contributed by atoms with van der Waals surface area (Å²) in [6.45, 7) is 10.1. The molecule has 2 fully saturated rings. The maximum atomic E-state index is 12.8. The van der Waals surface area contributed by atoms with Crippen LogP contribution in [0.15, 0.2) is 18.3 Å². The number of amides is 1. The minimum absolute atomic E-state index is 0.0812. The standard InChI is InChI=1S/C19H30N4O/c1-3-16-7-5-6-10-23(16)17-8-9-20-18(15-17)19(24)22-13-11-21(4-2)12-14-22/h8-9,15-16H,3-7,10-14H2,1-2H3. The first-order valence-corrected chi connectivity index (χ1v) is 9.47. The number of hydrogen-bond donors (Lipinski definition) is 0. The summed E-state index contributed by atoms with van der Waals surface area (Å²) in [7, 11) is 0. The molecule has 0 spiro atoms. The summed E-state index contributed by atoms with van der Waals surface area (Å²) in [5.41, 5.74) is 1.75. The number of pyridine rings is 1. The number of rotatable bonds is 4. The molecular weight excluding hydrogens is 300 g/mol. The molecule has 1 amide bonds. The van der Waals surface area contributed by atoms with E-state index in [0.717, 1.165) is 51.4 Å². The normalized spacial score (nSPS) is 22.7. The number of nitrogens with zero attached hydrogens (tertiary/aromatic N) is 4. The van der Waals surface area contributed by atoms with Crippen molar-refractivity contribution in [2.45, 2.75) is 45.6 Å². The number of anilines is 1. The van der Waals surface area contributed by atoms with Crippen LogP contribution in [0.4, 0.5) is 5.69 Å². The van der Waals surface area contributed by atoms with Crippen molar-refractivity contribution in [1.82, 2.24) is 14.8 Å². The van der Waals surface area contributed by atoms with Crippen LogP contribution < -0.4 is 4.90 Å². The topological polar surface area (TPSA) is 39.7 Å². The molecule has 5 nitrogen and oxygen atoms in total. The monoisotopic (exact) mass is 330 g/mol. The first kappa shape index (κ1) is 17.2. The van der Waals surface area contributed by atoms with Crippen LogP contribution in [0, 0.1) is 0 Å². The fourth-order valence-electron chi connectivity index (χ4n) is 3.91. The molecule has 3 heterocycles. The first-order valence-electron chi connectivity index (χ1n) is 9.47. The Morgan fingerprint density at radius 3 is 2.67 bits per heavy atom. The highest BCUT2D eigenvalue weighted by molar-refractivity contribution is 5.93. The average Bonchev–Trinajstić information content (AvgIpc) is 2.67. The van der Waals surface area contributed by atoms with Gasteiger partial charge in [-0.25, -0.2) is 0 Å². The summed E-state index contributed by atoms with van der Waals surface area (Å²) in [6, 6.07) is 4.65. The molecule has 24 heavy (non-hydrogen) atoms. The van der Waals surface area contributed by atoms with Crippen LogP contribution in [0.25, 0.3) is 0 Å². The number of piperidine rings is 1. The van der Waals surface area contributed by atoms with E-state index in [-0.39, 0.29) is 5.91 Å². The molecule has 1 atom stereocenters. The lowest BCUT2D eigenvalue weighted by atomic mass is 9.99. The largest absolute Gasteiger partial charge is 0.368 e. The third-order valence-corrected chi connectivity index (χ3v) is 5.50.